The van der Waals surface area contributed by atoms with Crippen molar-refractivity contribution in [3.63, 3.8) is 0 Å². The first-order chi connectivity index (χ1) is 14.7. The first-order valence-electron chi connectivity index (χ1n) is 10.7. The Balaban J connectivity index is 1.31. The van der Waals surface area contributed by atoms with Gasteiger partial charge in [-0.2, -0.15) is 0 Å². The van der Waals surface area contributed by atoms with Crippen LogP contribution in [0.3, 0.4) is 0 Å². The number of likely N-dealkylation sites (N-methyl/N-ethyl adjacent to an activating group) is 1. The van der Waals surface area contributed by atoms with Crippen LogP contribution < -0.4 is 10.2 Å². The van der Waals surface area contributed by atoms with Gasteiger partial charge in [0.05, 0.1) is 6.42 Å². The number of benzene rings is 3. The van der Waals surface area contributed by atoms with E-state index >= 15 is 0 Å². The van der Waals surface area contributed by atoms with E-state index in [4.69, 9.17) is 0 Å². The van der Waals surface area contributed by atoms with Crippen LogP contribution >= 0.6 is 0 Å². The molecule has 1 amide bonds. The average molecular weight is 400 g/mol. The van der Waals surface area contributed by atoms with Gasteiger partial charge in [-0.3, -0.25) is 4.79 Å². The number of amides is 1. The number of carbonyl (C=O) groups excluding carboxylic acids is 1. The van der Waals surface area contributed by atoms with E-state index < -0.39 is 0 Å². The number of piperazine rings is 1. The molecule has 0 saturated carbocycles. The Labute approximate surface area is 179 Å². The Morgan fingerprint density at radius 1 is 0.800 bits per heavy atom. The average Bonchev–Trinajstić information content (AvgIpc) is 2.81. The number of anilines is 2. The summed E-state index contributed by atoms with van der Waals surface area (Å²) in [5.74, 6) is 0.00627. The summed E-state index contributed by atoms with van der Waals surface area (Å²) in [6.45, 7) is 7.66. The van der Waals surface area contributed by atoms with Gasteiger partial charge in [-0.05, 0) is 47.5 Å². The summed E-state index contributed by atoms with van der Waals surface area (Å²) in [4.78, 5) is 17.3. The summed E-state index contributed by atoms with van der Waals surface area (Å²) in [7, 11) is 0. The van der Waals surface area contributed by atoms with E-state index in [0.717, 1.165) is 49.5 Å². The first-order valence-corrected chi connectivity index (χ1v) is 10.7. The maximum Gasteiger partial charge on any atom is 0.228 e. The number of hydrogen-bond donors (Lipinski definition) is 1. The van der Waals surface area contributed by atoms with Crippen molar-refractivity contribution in [3.8, 4) is 11.1 Å². The number of carbonyl (C=O) groups is 1. The van der Waals surface area contributed by atoms with Crippen molar-refractivity contribution >= 4 is 17.3 Å². The van der Waals surface area contributed by atoms with E-state index in [1.165, 1.54) is 11.3 Å². The topological polar surface area (TPSA) is 35.6 Å². The van der Waals surface area contributed by atoms with Crippen LogP contribution in [0.2, 0.25) is 0 Å². The molecule has 30 heavy (non-hydrogen) atoms. The fourth-order valence-electron chi connectivity index (χ4n) is 3.91. The Morgan fingerprint density at radius 3 is 2.07 bits per heavy atom. The molecule has 1 aliphatic rings. The molecule has 0 spiro atoms. The zero-order valence-corrected chi connectivity index (χ0v) is 17.6. The van der Waals surface area contributed by atoms with E-state index in [0.29, 0.717) is 6.42 Å². The molecule has 0 bridgehead atoms. The van der Waals surface area contributed by atoms with Crippen LogP contribution in [0.4, 0.5) is 11.4 Å². The van der Waals surface area contributed by atoms with Crippen LogP contribution in [-0.4, -0.2) is 43.5 Å². The summed E-state index contributed by atoms with van der Waals surface area (Å²) in [5.41, 5.74) is 5.43. The molecule has 0 aromatic heterocycles. The maximum atomic E-state index is 12.5. The highest BCUT2D eigenvalue weighted by molar-refractivity contribution is 5.92. The van der Waals surface area contributed by atoms with Gasteiger partial charge in [0.2, 0.25) is 5.91 Å². The molecule has 1 heterocycles. The van der Waals surface area contributed by atoms with E-state index in [1.807, 2.05) is 42.5 Å². The minimum atomic E-state index is 0.00627. The van der Waals surface area contributed by atoms with Crippen LogP contribution in [-0.2, 0) is 11.2 Å². The third kappa shape index (κ3) is 5.08. The molecule has 1 aliphatic heterocycles. The fourth-order valence-corrected chi connectivity index (χ4v) is 3.91. The second-order valence-corrected chi connectivity index (χ2v) is 7.76. The maximum absolute atomic E-state index is 12.5. The van der Waals surface area contributed by atoms with Crippen molar-refractivity contribution < 1.29 is 4.79 Å². The highest BCUT2D eigenvalue weighted by Gasteiger charge is 2.15. The fraction of sp³-hybridized carbons (Fsp3) is 0.269. The summed E-state index contributed by atoms with van der Waals surface area (Å²) in [6.07, 6.45) is 0.371. The summed E-state index contributed by atoms with van der Waals surface area (Å²) in [5, 5.41) is 3.02. The van der Waals surface area contributed by atoms with Gasteiger partial charge in [0, 0.05) is 37.6 Å². The van der Waals surface area contributed by atoms with Gasteiger partial charge >= 0.3 is 0 Å². The molecular formula is C26H29N3O. The predicted molar refractivity (Wildman–Crippen MR) is 125 cm³/mol. The minimum Gasteiger partial charge on any atom is -0.369 e. The van der Waals surface area contributed by atoms with Gasteiger partial charge in [0.1, 0.15) is 0 Å². The van der Waals surface area contributed by atoms with Crippen LogP contribution in [0.15, 0.2) is 78.9 Å². The van der Waals surface area contributed by atoms with E-state index in [-0.39, 0.29) is 5.91 Å². The third-order valence-corrected chi connectivity index (χ3v) is 5.76. The minimum absolute atomic E-state index is 0.00627. The molecule has 4 heteroatoms. The second-order valence-electron chi connectivity index (χ2n) is 7.76. The molecule has 3 aromatic rings. The lowest BCUT2D eigenvalue weighted by Crippen LogP contribution is -2.46. The molecule has 1 fully saturated rings. The van der Waals surface area contributed by atoms with Crippen molar-refractivity contribution in [2.45, 2.75) is 13.3 Å². The summed E-state index contributed by atoms with van der Waals surface area (Å²) in [6, 6.07) is 26.7. The van der Waals surface area contributed by atoms with E-state index in [2.05, 4.69) is 58.4 Å². The quantitative estimate of drug-likeness (QED) is 0.654. The molecule has 4 rings (SSSR count). The van der Waals surface area contributed by atoms with Crippen molar-refractivity contribution in [1.82, 2.24) is 4.90 Å². The normalized spacial score (nSPS) is 14.5. The summed E-state index contributed by atoms with van der Waals surface area (Å²) >= 11 is 0. The summed E-state index contributed by atoms with van der Waals surface area (Å²) < 4.78 is 0. The zero-order valence-electron chi connectivity index (χ0n) is 17.6. The lowest BCUT2D eigenvalue weighted by molar-refractivity contribution is -0.115. The van der Waals surface area contributed by atoms with Gasteiger partial charge in [0.15, 0.2) is 0 Å². The third-order valence-electron chi connectivity index (χ3n) is 5.76. The van der Waals surface area contributed by atoms with Gasteiger partial charge in [-0.15, -0.1) is 0 Å². The Bertz CT molecular complexity index is 944. The van der Waals surface area contributed by atoms with Crippen LogP contribution in [0.5, 0.6) is 0 Å². The molecule has 3 aromatic carbocycles. The molecule has 154 valence electrons. The zero-order chi connectivity index (χ0) is 20.8. The molecule has 4 nitrogen and oxygen atoms in total. The molecular weight excluding hydrogens is 370 g/mol. The Morgan fingerprint density at radius 2 is 1.43 bits per heavy atom. The van der Waals surface area contributed by atoms with Crippen LogP contribution in [0.25, 0.3) is 11.1 Å². The molecule has 0 radical (unpaired) electrons. The molecule has 1 saturated heterocycles. The molecule has 0 aliphatic carbocycles. The molecule has 1 N–H and O–H groups in total. The smallest absolute Gasteiger partial charge is 0.228 e. The number of nitrogens with zero attached hydrogens (tertiary/aromatic N) is 2. The second kappa shape index (κ2) is 9.59. The first kappa shape index (κ1) is 20.2. The van der Waals surface area contributed by atoms with Crippen molar-refractivity contribution in [1.29, 1.82) is 0 Å². The monoisotopic (exact) mass is 399 g/mol. The Kier molecular flexibility index (Phi) is 6.45. The van der Waals surface area contributed by atoms with Gasteiger partial charge < -0.3 is 15.1 Å². The van der Waals surface area contributed by atoms with E-state index in [1.54, 1.807) is 0 Å². The molecule has 0 unspecified atom stereocenters. The predicted octanol–water partition coefficient (Wildman–Crippen LogP) is 4.68. The number of nitrogens with one attached hydrogen (secondary N) is 1. The van der Waals surface area contributed by atoms with Gasteiger partial charge in [0.25, 0.3) is 0 Å². The Hall–Kier alpha value is -3.11. The van der Waals surface area contributed by atoms with Crippen molar-refractivity contribution in [3.05, 3.63) is 84.4 Å². The van der Waals surface area contributed by atoms with Crippen LogP contribution in [0.1, 0.15) is 12.5 Å². The highest BCUT2D eigenvalue weighted by atomic mass is 16.1. The van der Waals surface area contributed by atoms with Gasteiger partial charge in [-0.25, -0.2) is 0 Å². The van der Waals surface area contributed by atoms with Crippen LogP contribution in [0, 0.1) is 0 Å². The lowest BCUT2D eigenvalue weighted by atomic mass is 10.0. The molecule has 0 atom stereocenters. The SMILES string of the molecule is CCN1CCN(c2ccc(NC(=O)Cc3ccc(-c4ccccc4)cc3)cc2)CC1. The van der Waals surface area contributed by atoms with Crippen molar-refractivity contribution in [2.24, 2.45) is 0 Å². The number of hydrogen-bond acceptors (Lipinski definition) is 3. The number of rotatable bonds is 6. The standard InChI is InChI=1S/C26H29N3O/c1-2-28-16-18-29(19-17-28)25-14-12-24(13-15-25)27-26(30)20-21-8-10-23(11-9-21)22-6-4-3-5-7-22/h3-15H,2,16-20H2,1H3,(H,27,30). The van der Waals surface area contributed by atoms with E-state index in [9.17, 15) is 4.79 Å². The van der Waals surface area contributed by atoms with Gasteiger partial charge in [-0.1, -0.05) is 61.5 Å². The highest BCUT2D eigenvalue weighted by Crippen LogP contribution is 2.21. The lowest BCUT2D eigenvalue weighted by Gasteiger charge is -2.35. The van der Waals surface area contributed by atoms with Crippen molar-refractivity contribution in [2.75, 3.05) is 42.9 Å². The largest absolute Gasteiger partial charge is 0.369 e.